The van der Waals surface area contributed by atoms with Gasteiger partial charge in [0.2, 0.25) is 0 Å². The third kappa shape index (κ3) is 5.26. The summed E-state index contributed by atoms with van der Waals surface area (Å²) < 4.78 is 28.7. The van der Waals surface area contributed by atoms with Crippen LogP contribution in [0.5, 0.6) is 5.75 Å². The third-order valence-corrected chi connectivity index (χ3v) is 4.11. The van der Waals surface area contributed by atoms with Crippen molar-refractivity contribution in [1.82, 2.24) is 15.7 Å². The fourth-order valence-corrected chi connectivity index (χ4v) is 2.62. The highest BCUT2D eigenvalue weighted by atomic mass is 19.3. The van der Waals surface area contributed by atoms with Crippen LogP contribution in [0.3, 0.4) is 0 Å². The van der Waals surface area contributed by atoms with Gasteiger partial charge < -0.3 is 15.0 Å². The zero-order valence-electron chi connectivity index (χ0n) is 15.6. The lowest BCUT2D eigenvalue weighted by atomic mass is 10.0. The minimum atomic E-state index is -2.91. The lowest BCUT2D eigenvalue weighted by Gasteiger charge is -2.25. The van der Waals surface area contributed by atoms with Crippen LogP contribution in [0.4, 0.5) is 8.78 Å². The van der Waals surface area contributed by atoms with E-state index in [-0.39, 0.29) is 11.3 Å². The van der Waals surface area contributed by atoms with Crippen LogP contribution in [-0.4, -0.2) is 54.6 Å². The molecule has 0 bridgehead atoms. The Bertz CT molecular complexity index is 856. The van der Waals surface area contributed by atoms with Gasteiger partial charge in [0.25, 0.3) is 17.7 Å². The molecule has 0 radical (unpaired) electrons. The summed E-state index contributed by atoms with van der Waals surface area (Å²) in [4.78, 5) is 37.2. The number of nitrogens with zero attached hydrogens (tertiary/aromatic N) is 1. The molecule has 0 saturated carbocycles. The number of alkyl halides is 2. The molecule has 154 valence electrons. The van der Waals surface area contributed by atoms with Crippen LogP contribution >= 0.6 is 0 Å². The maximum atomic E-state index is 12.6. The molecule has 0 aliphatic rings. The summed E-state index contributed by atoms with van der Waals surface area (Å²) in [5, 5.41) is 11.1. The van der Waals surface area contributed by atoms with E-state index in [0.29, 0.717) is 11.1 Å². The van der Waals surface area contributed by atoms with Crippen molar-refractivity contribution in [1.29, 1.82) is 0 Å². The lowest BCUT2D eigenvalue weighted by Crippen LogP contribution is -2.54. The highest BCUT2D eigenvalue weighted by Crippen LogP contribution is 2.24. The van der Waals surface area contributed by atoms with Crippen molar-refractivity contribution in [2.45, 2.75) is 12.7 Å². The molecule has 2 aromatic carbocycles. The number of hydrogen-bond donors (Lipinski definition) is 3. The molecule has 2 aromatic rings. The first-order valence-electron chi connectivity index (χ1n) is 8.36. The Morgan fingerprint density at radius 2 is 1.48 bits per heavy atom. The predicted molar refractivity (Wildman–Crippen MR) is 98.4 cm³/mol. The fourth-order valence-electron chi connectivity index (χ4n) is 2.62. The van der Waals surface area contributed by atoms with Gasteiger partial charge in [-0.3, -0.25) is 19.6 Å². The van der Waals surface area contributed by atoms with E-state index in [2.05, 4.69) is 10.1 Å². The van der Waals surface area contributed by atoms with Crippen LogP contribution in [0.1, 0.15) is 10.4 Å². The molecule has 0 fully saturated rings. The third-order valence-electron chi connectivity index (χ3n) is 4.11. The molecule has 0 spiro atoms. The molecule has 10 heteroatoms. The van der Waals surface area contributed by atoms with E-state index in [1.165, 1.54) is 43.8 Å². The molecule has 0 heterocycles. The normalized spacial score (nSPS) is 11.5. The Morgan fingerprint density at radius 1 is 0.966 bits per heavy atom. The van der Waals surface area contributed by atoms with Gasteiger partial charge in [-0.15, -0.1) is 0 Å². The summed E-state index contributed by atoms with van der Waals surface area (Å²) in [6.07, 6.45) is 0. The maximum Gasteiger partial charge on any atom is 0.387 e. The highest BCUT2D eigenvalue weighted by Gasteiger charge is 2.33. The van der Waals surface area contributed by atoms with Crippen LogP contribution in [0.25, 0.3) is 11.1 Å². The maximum absolute atomic E-state index is 12.6. The topological polar surface area (TPSA) is 108 Å². The van der Waals surface area contributed by atoms with Gasteiger partial charge in [-0.2, -0.15) is 8.78 Å². The van der Waals surface area contributed by atoms with E-state index in [1.54, 1.807) is 24.3 Å². The van der Waals surface area contributed by atoms with Crippen molar-refractivity contribution in [2.75, 3.05) is 14.1 Å². The van der Waals surface area contributed by atoms with Crippen molar-refractivity contribution in [3.8, 4) is 16.9 Å². The van der Waals surface area contributed by atoms with E-state index in [9.17, 15) is 23.2 Å². The van der Waals surface area contributed by atoms with Gasteiger partial charge >= 0.3 is 6.61 Å². The first kappa shape index (κ1) is 21.8. The number of ether oxygens (including phenoxy) is 1. The Hall–Kier alpha value is -3.53. The largest absolute Gasteiger partial charge is 0.435 e. The van der Waals surface area contributed by atoms with Crippen LogP contribution in [0.15, 0.2) is 48.5 Å². The number of amides is 3. The number of nitrogens with one attached hydrogen (secondary N) is 2. The van der Waals surface area contributed by atoms with Crippen LogP contribution in [0, 0.1) is 0 Å². The standard InChI is InChI=1S/C19H19F2N3O5/c1-22-16(25)15(17(26)23-28)24(2)18(27)13-5-3-11(4-6-13)12-7-9-14(10-8-12)29-19(20)21/h3-10,15,19,28H,1-2H3,(H,22,25)(H,23,26). The van der Waals surface area contributed by atoms with Crippen LogP contribution in [0.2, 0.25) is 0 Å². The number of carbonyl (C=O) groups excluding carboxylic acids is 3. The Kier molecular flexibility index (Phi) is 7.21. The van der Waals surface area contributed by atoms with Gasteiger partial charge in [0, 0.05) is 19.7 Å². The minimum Gasteiger partial charge on any atom is -0.435 e. The summed E-state index contributed by atoms with van der Waals surface area (Å²) in [5.41, 5.74) is 2.99. The smallest absolute Gasteiger partial charge is 0.387 e. The molecular formula is C19H19F2N3O5. The Labute approximate surface area is 165 Å². The number of likely N-dealkylation sites (N-methyl/N-ethyl adjacent to an activating group) is 2. The number of carbonyl (C=O) groups is 3. The average molecular weight is 407 g/mol. The second-order valence-electron chi connectivity index (χ2n) is 5.89. The quantitative estimate of drug-likeness (QED) is 0.368. The van der Waals surface area contributed by atoms with Crippen LogP contribution in [-0.2, 0) is 9.59 Å². The van der Waals surface area contributed by atoms with Gasteiger partial charge in [0.15, 0.2) is 6.04 Å². The molecule has 1 unspecified atom stereocenters. The molecule has 0 aliphatic heterocycles. The zero-order valence-corrected chi connectivity index (χ0v) is 15.6. The number of halogens is 2. The van der Waals surface area contributed by atoms with E-state index >= 15 is 0 Å². The van der Waals surface area contributed by atoms with Gasteiger partial charge in [-0.05, 0) is 35.4 Å². The van der Waals surface area contributed by atoms with E-state index in [1.807, 2.05) is 0 Å². The highest BCUT2D eigenvalue weighted by molar-refractivity contribution is 6.08. The van der Waals surface area contributed by atoms with Gasteiger partial charge in [-0.1, -0.05) is 24.3 Å². The molecule has 8 nitrogen and oxygen atoms in total. The molecular weight excluding hydrogens is 388 g/mol. The molecule has 2 rings (SSSR count). The summed E-state index contributed by atoms with van der Waals surface area (Å²) in [7, 11) is 2.55. The monoisotopic (exact) mass is 407 g/mol. The molecule has 3 amide bonds. The van der Waals surface area contributed by atoms with Gasteiger partial charge in [0.1, 0.15) is 5.75 Å². The van der Waals surface area contributed by atoms with Crippen molar-refractivity contribution >= 4 is 17.7 Å². The summed E-state index contributed by atoms with van der Waals surface area (Å²) in [5.74, 6) is -2.41. The first-order chi connectivity index (χ1) is 13.8. The number of rotatable bonds is 7. The Morgan fingerprint density at radius 3 is 1.93 bits per heavy atom. The summed E-state index contributed by atoms with van der Waals surface area (Å²) >= 11 is 0. The summed E-state index contributed by atoms with van der Waals surface area (Å²) in [6.45, 7) is -2.91. The molecule has 0 aliphatic carbocycles. The van der Waals surface area contributed by atoms with Gasteiger partial charge in [-0.25, -0.2) is 5.48 Å². The zero-order chi connectivity index (χ0) is 21.6. The van der Waals surface area contributed by atoms with E-state index in [4.69, 9.17) is 5.21 Å². The SMILES string of the molecule is CNC(=O)C(C(=O)NO)N(C)C(=O)c1ccc(-c2ccc(OC(F)F)cc2)cc1. The molecule has 29 heavy (non-hydrogen) atoms. The number of hydrogen-bond acceptors (Lipinski definition) is 5. The number of benzene rings is 2. The minimum absolute atomic E-state index is 0.0274. The van der Waals surface area contributed by atoms with Crippen LogP contribution < -0.4 is 15.5 Å². The van der Waals surface area contributed by atoms with Crippen molar-refractivity contribution < 1.29 is 33.1 Å². The van der Waals surface area contributed by atoms with E-state index < -0.39 is 30.4 Å². The lowest BCUT2D eigenvalue weighted by molar-refractivity contribution is -0.140. The molecule has 1 atom stereocenters. The van der Waals surface area contributed by atoms with Crippen molar-refractivity contribution in [2.24, 2.45) is 0 Å². The van der Waals surface area contributed by atoms with Crippen molar-refractivity contribution in [3.05, 3.63) is 54.1 Å². The fraction of sp³-hybridized carbons (Fsp3) is 0.211. The average Bonchev–Trinajstić information content (AvgIpc) is 2.73. The second kappa shape index (κ2) is 9.60. The second-order valence-corrected chi connectivity index (χ2v) is 5.89. The van der Waals surface area contributed by atoms with Gasteiger partial charge in [0.05, 0.1) is 0 Å². The van der Waals surface area contributed by atoms with Crippen molar-refractivity contribution in [3.63, 3.8) is 0 Å². The molecule has 0 saturated heterocycles. The first-order valence-corrected chi connectivity index (χ1v) is 8.36. The molecule has 3 N–H and O–H groups in total. The summed E-state index contributed by atoms with van der Waals surface area (Å²) in [6, 6.07) is 10.7. The van der Waals surface area contributed by atoms with E-state index in [0.717, 1.165) is 4.90 Å². The molecule has 0 aromatic heterocycles. The Balaban J connectivity index is 2.19. The predicted octanol–water partition coefficient (Wildman–Crippen LogP) is 1.65. The number of hydroxylamine groups is 1.